The fourth-order valence-electron chi connectivity index (χ4n) is 1.45. The number of carbonyl (C=O) groups is 1. The van der Waals surface area contributed by atoms with Crippen molar-refractivity contribution in [3.05, 3.63) is 29.3 Å². The zero-order valence-electron chi connectivity index (χ0n) is 8.86. The van der Waals surface area contributed by atoms with Crippen molar-refractivity contribution in [2.45, 2.75) is 12.8 Å². The largest absolute Gasteiger partial charge is 0.508 e. The maximum absolute atomic E-state index is 11.4. The Morgan fingerprint density at radius 2 is 2.27 bits per heavy atom. The minimum atomic E-state index is -0.602. The van der Waals surface area contributed by atoms with Crippen LogP contribution in [-0.2, 0) is 9.53 Å². The maximum Gasteiger partial charge on any atom is 0.314 e. The van der Waals surface area contributed by atoms with Crippen molar-refractivity contribution in [3.8, 4) is 5.75 Å². The number of aryl methyl sites for hydroxylation is 1. The lowest BCUT2D eigenvalue weighted by Gasteiger charge is -2.14. The van der Waals surface area contributed by atoms with E-state index in [0.29, 0.717) is 5.56 Å². The molecule has 4 nitrogen and oxygen atoms in total. The van der Waals surface area contributed by atoms with Crippen molar-refractivity contribution >= 4 is 5.97 Å². The minimum absolute atomic E-state index is 0.0708. The molecule has 0 amide bonds. The summed E-state index contributed by atoms with van der Waals surface area (Å²) in [7, 11) is 1.30. The summed E-state index contributed by atoms with van der Waals surface area (Å²) < 4.78 is 4.62. The third-order valence-corrected chi connectivity index (χ3v) is 2.28. The zero-order valence-corrected chi connectivity index (χ0v) is 8.86. The van der Waals surface area contributed by atoms with Crippen molar-refractivity contribution in [3.63, 3.8) is 0 Å². The third-order valence-electron chi connectivity index (χ3n) is 2.28. The molecule has 0 spiro atoms. The number of phenols is 1. The number of methoxy groups -OCH3 is 1. The van der Waals surface area contributed by atoms with E-state index in [4.69, 9.17) is 5.73 Å². The molecule has 0 saturated carbocycles. The number of nitrogens with two attached hydrogens (primary N) is 1. The first-order chi connectivity index (χ1) is 7.10. The van der Waals surface area contributed by atoms with Crippen LogP contribution in [0.2, 0.25) is 0 Å². The monoisotopic (exact) mass is 209 g/mol. The van der Waals surface area contributed by atoms with Gasteiger partial charge in [-0.15, -0.1) is 0 Å². The van der Waals surface area contributed by atoms with Gasteiger partial charge in [0.15, 0.2) is 0 Å². The molecule has 0 radical (unpaired) electrons. The highest BCUT2D eigenvalue weighted by Gasteiger charge is 2.22. The molecule has 0 aliphatic rings. The van der Waals surface area contributed by atoms with Crippen LogP contribution in [0.15, 0.2) is 18.2 Å². The minimum Gasteiger partial charge on any atom is -0.508 e. The van der Waals surface area contributed by atoms with Crippen molar-refractivity contribution in [1.29, 1.82) is 0 Å². The highest BCUT2D eigenvalue weighted by Crippen LogP contribution is 2.26. The van der Waals surface area contributed by atoms with Gasteiger partial charge in [-0.3, -0.25) is 4.79 Å². The molecule has 1 aromatic carbocycles. The highest BCUT2D eigenvalue weighted by atomic mass is 16.5. The standard InChI is InChI=1S/C11H15NO3/c1-7-3-4-10(13)8(5-7)9(6-12)11(14)15-2/h3-5,9,13H,6,12H2,1-2H3. The van der Waals surface area contributed by atoms with Crippen molar-refractivity contribution in [2.75, 3.05) is 13.7 Å². The average molecular weight is 209 g/mol. The molecule has 1 atom stereocenters. The lowest BCUT2D eigenvalue weighted by molar-refractivity contribution is -0.142. The van der Waals surface area contributed by atoms with E-state index in [9.17, 15) is 9.90 Å². The van der Waals surface area contributed by atoms with Gasteiger partial charge in [-0.2, -0.15) is 0 Å². The molecule has 0 aliphatic heterocycles. The molecule has 0 saturated heterocycles. The topological polar surface area (TPSA) is 72.5 Å². The van der Waals surface area contributed by atoms with Crippen LogP contribution >= 0.6 is 0 Å². The van der Waals surface area contributed by atoms with E-state index in [0.717, 1.165) is 5.56 Å². The molecular weight excluding hydrogens is 194 g/mol. The van der Waals surface area contributed by atoms with Gasteiger partial charge >= 0.3 is 5.97 Å². The summed E-state index contributed by atoms with van der Waals surface area (Å²) >= 11 is 0. The van der Waals surface area contributed by atoms with Crippen LogP contribution in [0.5, 0.6) is 5.75 Å². The molecule has 0 heterocycles. The lowest BCUT2D eigenvalue weighted by atomic mass is 9.96. The molecule has 1 aromatic rings. The van der Waals surface area contributed by atoms with Crippen LogP contribution < -0.4 is 5.73 Å². The Kier molecular flexibility index (Phi) is 3.68. The van der Waals surface area contributed by atoms with Crippen LogP contribution in [0.1, 0.15) is 17.0 Å². The van der Waals surface area contributed by atoms with Gasteiger partial charge in [0.2, 0.25) is 0 Å². The number of phenolic OH excluding ortho intramolecular Hbond substituents is 1. The van der Waals surface area contributed by atoms with Gasteiger partial charge < -0.3 is 15.6 Å². The third kappa shape index (κ3) is 2.47. The number of benzene rings is 1. The molecule has 0 aromatic heterocycles. The van der Waals surface area contributed by atoms with E-state index in [1.54, 1.807) is 18.2 Å². The Hall–Kier alpha value is -1.55. The van der Waals surface area contributed by atoms with Gasteiger partial charge in [0.25, 0.3) is 0 Å². The van der Waals surface area contributed by atoms with Gasteiger partial charge in [-0.1, -0.05) is 17.7 Å². The zero-order chi connectivity index (χ0) is 11.4. The van der Waals surface area contributed by atoms with E-state index >= 15 is 0 Å². The predicted molar refractivity (Wildman–Crippen MR) is 56.7 cm³/mol. The summed E-state index contributed by atoms with van der Waals surface area (Å²) in [5.41, 5.74) is 6.97. The van der Waals surface area contributed by atoms with Crippen LogP contribution in [0.4, 0.5) is 0 Å². The second-order valence-corrected chi connectivity index (χ2v) is 3.37. The number of rotatable bonds is 3. The summed E-state index contributed by atoms with van der Waals surface area (Å²) in [5, 5.41) is 9.62. The Labute approximate surface area is 88.7 Å². The SMILES string of the molecule is COC(=O)C(CN)c1cc(C)ccc1O. The summed E-state index contributed by atoms with van der Waals surface area (Å²) in [6, 6.07) is 5.06. The number of carbonyl (C=O) groups excluding carboxylic acids is 1. The number of hydrogen-bond donors (Lipinski definition) is 2. The number of hydrogen-bond acceptors (Lipinski definition) is 4. The second-order valence-electron chi connectivity index (χ2n) is 3.37. The second kappa shape index (κ2) is 4.79. The molecule has 0 bridgehead atoms. The van der Waals surface area contributed by atoms with Crippen molar-refractivity contribution in [1.82, 2.24) is 0 Å². The van der Waals surface area contributed by atoms with Crippen LogP contribution in [0, 0.1) is 6.92 Å². The van der Waals surface area contributed by atoms with Gasteiger partial charge in [0, 0.05) is 12.1 Å². The van der Waals surface area contributed by atoms with E-state index < -0.39 is 11.9 Å². The molecule has 3 N–H and O–H groups in total. The summed E-state index contributed by atoms with van der Waals surface area (Å²) in [6.07, 6.45) is 0. The Bertz CT molecular complexity index is 363. The molecule has 82 valence electrons. The fourth-order valence-corrected chi connectivity index (χ4v) is 1.45. The fraction of sp³-hybridized carbons (Fsp3) is 0.364. The van der Waals surface area contributed by atoms with Crippen LogP contribution in [-0.4, -0.2) is 24.7 Å². The predicted octanol–water partition coefficient (Wildman–Crippen LogP) is 0.916. The number of ether oxygens (including phenoxy) is 1. The Morgan fingerprint density at radius 1 is 1.60 bits per heavy atom. The molecule has 0 aliphatic carbocycles. The van der Waals surface area contributed by atoms with Gasteiger partial charge in [0.05, 0.1) is 13.0 Å². The van der Waals surface area contributed by atoms with Gasteiger partial charge in [-0.05, 0) is 13.0 Å². The van der Waals surface area contributed by atoms with Crippen molar-refractivity contribution in [2.24, 2.45) is 5.73 Å². The molecule has 1 unspecified atom stereocenters. The van der Waals surface area contributed by atoms with Gasteiger partial charge in [0.1, 0.15) is 5.75 Å². The Balaban J connectivity index is 3.11. The van der Waals surface area contributed by atoms with Crippen LogP contribution in [0.25, 0.3) is 0 Å². The molecular formula is C11H15NO3. The average Bonchev–Trinajstić information content (AvgIpc) is 2.23. The smallest absolute Gasteiger partial charge is 0.314 e. The number of aromatic hydroxyl groups is 1. The van der Waals surface area contributed by atoms with Crippen LogP contribution in [0.3, 0.4) is 0 Å². The van der Waals surface area contributed by atoms with E-state index in [1.165, 1.54) is 7.11 Å². The lowest BCUT2D eigenvalue weighted by Crippen LogP contribution is -2.22. The quantitative estimate of drug-likeness (QED) is 0.726. The van der Waals surface area contributed by atoms with Gasteiger partial charge in [-0.25, -0.2) is 0 Å². The summed E-state index contributed by atoms with van der Waals surface area (Å²) in [6.45, 7) is 2.00. The van der Waals surface area contributed by atoms with E-state index in [-0.39, 0.29) is 12.3 Å². The molecule has 1 rings (SSSR count). The number of esters is 1. The molecule has 4 heteroatoms. The highest BCUT2D eigenvalue weighted by molar-refractivity contribution is 5.79. The first kappa shape index (κ1) is 11.5. The summed E-state index contributed by atoms with van der Waals surface area (Å²) in [4.78, 5) is 11.4. The molecule has 0 fully saturated rings. The normalized spacial score (nSPS) is 12.2. The summed E-state index contributed by atoms with van der Waals surface area (Å²) in [5.74, 6) is -0.963. The molecule has 15 heavy (non-hydrogen) atoms. The van der Waals surface area contributed by atoms with E-state index in [1.807, 2.05) is 6.92 Å². The first-order valence-corrected chi connectivity index (χ1v) is 4.67. The maximum atomic E-state index is 11.4. The van der Waals surface area contributed by atoms with E-state index in [2.05, 4.69) is 4.74 Å². The first-order valence-electron chi connectivity index (χ1n) is 4.67. The van der Waals surface area contributed by atoms with Crippen molar-refractivity contribution < 1.29 is 14.6 Å². The Morgan fingerprint density at radius 3 is 2.80 bits per heavy atom.